The van der Waals surface area contributed by atoms with Crippen molar-refractivity contribution < 1.29 is 19.1 Å². The van der Waals surface area contributed by atoms with Crippen molar-refractivity contribution in [2.24, 2.45) is 5.73 Å². The first-order valence-electron chi connectivity index (χ1n) is 7.59. The third-order valence-electron chi connectivity index (χ3n) is 4.03. The molecule has 0 saturated carbocycles. The minimum atomic E-state index is -0.536. The second kappa shape index (κ2) is 6.14. The summed E-state index contributed by atoms with van der Waals surface area (Å²) in [7, 11) is 0. The van der Waals surface area contributed by atoms with Crippen LogP contribution in [0.2, 0.25) is 0 Å². The third kappa shape index (κ3) is 2.91. The summed E-state index contributed by atoms with van der Waals surface area (Å²) in [5, 5.41) is 0. The Bertz CT molecular complexity index is 968. The number of fused-ring (bicyclic) bond motifs is 3. The summed E-state index contributed by atoms with van der Waals surface area (Å²) in [5.41, 5.74) is 8.42. The highest BCUT2D eigenvalue weighted by Crippen LogP contribution is 2.42. The molecule has 0 bridgehead atoms. The number of amides is 1. The number of hydrogen-bond donors (Lipinski definition) is 1. The fraction of sp³-hybridized carbons (Fsp3) is 0.176. The molecule has 3 aromatic rings. The van der Waals surface area contributed by atoms with Crippen LogP contribution in [0.1, 0.15) is 23.5 Å². The largest absolute Gasteiger partial charge is 0.484 e. The fourth-order valence-corrected chi connectivity index (χ4v) is 3.50. The standard InChI is InChI=1S/C17H13N3O4S/c18-14(21)8-23-10-3-1-9(2-4-10)11-7-15(22)24-13-6-5-12-17(16(11)13)20-25-19-12/h1-6,11H,7-8H2,(H2,18,21)/t11-/m0/s1. The molecule has 0 radical (unpaired) electrons. The van der Waals surface area contributed by atoms with E-state index in [0.29, 0.717) is 11.5 Å². The Labute approximate surface area is 146 Å². The highest BCUT2D eigenvalue weighted by molar-refractivity contribution is 7.00. The number of nitrogens with two attached hydrogens (primary N) is 1. The van der Waals surface area contributed by atoms with E-state index in [2.05, 4.69) is 8.75 Å². The molecule has 4 rings (SSSR count). The van der Waals surface area contributed by atoms with Crippen molar-refractivity contribution in [1.82, 2.24) is 8.75 Å². The Morgan fingerprint density at radius 1 is 1.24 bits per heavy atom. The van der Waals surface area contributed by atoms with Gasteiger partial charge in [0.2, 0.25) is 0 Å². The molecule has 1 aromatic heterocycles. The molecule has 1 aliphatic heterocycles. The van der Waals surface area contributed by atoms with Gasteiger partial charge in [-0.1, -0.05) is 12.1 Å². The Hall–Kier alpha value is -3.00. The fourth-order valence-electron chi connectivity index (χ4n) is 2.95. The molecule has 0 aliphatic carbocycles. The van der Waals surface area contributed by atoms with Gasteiger partial charge >= 0.3 is 5.97 Å². The van der Waals surface area contributed by atoms with E-state index < -0.39 is 5.91 Å². The van der Waals surface area contributed by atoms with Gasteiger partial charge in [-0.3, -0.25) is 9.59 Å². The van der Waals surface area contributed by atoms with Gasteiger partial charge in [0.05, 0.1) is 18.1 Å². The Balaban J connectivity index is 1.72. The summed E-state index contributed by atoms with van der Waals surface area (Å²) in [4.78, 5) is 22.8. The number of aromatic nitrogens is 2. The highest BCUT2D eigenvalue weighted by atomic mass is 32.1. The van der Waals surface area contributed by atoms with Crippen molar-refractivity contribution in [3.63, 3.8) is 0 Å². The van der Waals surface area contributed by atoms with Crippen LogP contribution in [0.25, 0.3) is 11.0 Å². The van der Waals surface area contributed by atoms with E-state index in [1.165, 1.54) is 0 Å². The van der Waals surface area contributed by atoms with Gasteiger partial charge in [-0.15, -0.1) is 0 Å². The topological polar surface area (TPSA) is 104 Å². The molecule has 1 amide bonds. The van der Waals surface area contributed by atoms with Gasteiger partial charge in [-0.25, -0.2) is 0 Å². The van der Waals surface area contributed by atoms with E-state index in [1.807, 2.05) is 12.1 Å². The number of carbonyl (C=O) groups excluding carboxylic acids is 2. The molecule has 0 unspecified atom stereocenters. The van der Waals surface area contributed by atoms with Crippen molar-refractivity contribution in [3.8, 4) is 11.5 Å². The van der Waals surface area contributed by atoms with Crippen LogP contribution in [0.15, 0.2) is 36.4 Å². The lowest BCUT2D eigenvalue weighted by Gasteiger charge is -2.25. The number of carbonyl (C=O) groups is 2. The van der Waals surface area contributed by atoms with E-state index >= 15 is 0 Å². The Morgan fingerprint density at radius 2 is 2.04 bits per heavy atom. The number of primary amides is 1. The van der Waals surface area contributed by atoms with E-state index in [1.54, 1.807) is 24.3 Å². The van der Waals surface area contributed by atoms with Gasteiger partial charge in [-0.2, -0.15) is 8.75 Å². The summed E-state index contributed by atoms with van der Waals surface area (Å²) in [5.74, 6) is 0.0692. The van der Waals surface area contributed by atoms with Crippen molar-refractivity contribution in [2.45, 2.75) is 12.3 Å². The second-order valence-electron chi connectivity index (χ2n) is 5.66. The molecule has 8 heteroatoms. The number of rotatable bonds is 4. The van der Waals surface area contributed by atoms with Crippen LogP contribution in [-0.4, -0.2) is 27.2 Å². The normalized spacial score (nSPS) is 16.3. The summed E-state index contributed by atoms with van der Waals surface area (Å²) in [6, 6.07) is 10.8. The average molecular weight is 355 g/mol. The average Bonchev–Trinajstić information content (AvgIpc) is 3.08. The zero-order valence-electron chi connectivity index (χ0n) is 13.0. The molecular weight excluding hydrogens is 342 g/mol. The van der Waals surface area contributed by atoms with Crippen LogP contribution in [0, 0.1) is 0 Å². The summed E-state index contributed by atoms with van der Waals surface area (Å²) in [6.45, 7) is -0.178. The summed E-state index contributed by atoms with van der Waals surface area (Å²) in [6.07, 6.45) is 0.227. The number of ether oxygens (including phenoxy) is 2. The Morgan fingerprint density at radius 3 is 2.80 bits per heavy atom. The lowest BCUT2D eigenvalue weighted by atomic mass is 9.85. The molecule has 0 spiro atoms. The van der Waals surface area contributed by atoms with Crippen LogP contribution in [0.5, 0.6) is 11.5 Å². The van der Waals surface area contributed by atoms with Gasteiger partial charge in [0.1, 0.15) is 22.5 Å². The predicted molar refractivity (Wildman–Crippen MR) is 90.6 cm³/mol. The van der Waals surface area contributed by atoms with Gasteiger partial charge in [-0.05, 0) is 29.8 Å². The lowest BCUT2D eigenvalue weighted by molar-refractivity contribution is -0.135. The number of esters is 1. The SMILES string of the molecule is NC(=O)COc1ccc([C@@H]2CC(=O)Oc3ccc4nsnc4c32)cc1. The van der Waals surface area contributed by atoms with Crippen molar-refractivity contribution in [3.05, 3.63) is 47.5 Å². The molecule has 2 aromatic carbocycles. The summed E-state index contributed by atoms with van der Waals surface area (Å²) < 4.78 is 19.3. The van der Waals surface area contributed by atoms with Crippen LogP contribution in [-0.2, 0) is 9.59 Å². The van der Waals surface area contributed by atoms with Gasteiger partial charge in [0.25, 0.3) is 5.91 Å². The predicted octanol–water partition coefficient (Wildman–Crippen LogP) is 2.00. The highest BCUT2D eigenvalue weighted by Gasteiger charge is 2.31. The molecule has 2 heterocycles. The molecular formula is C17H13N3O4S. The molecule has 0 saturated heterocycles. The second-order valence-corrected chi connectivity index (χ2v) is 6.19. The molecule has 25 heavy (non-hydrogen) atoms. The zero-order chi connectivity index (χ0) is 17.4. The number of hydrogen-bond acceptors (Lipinski definition) is 7. The van der Waals surface area contributed by atoms with Crippen molar-refractivity contribution >= 4 is 34.6 Å². The van der Waals surface area contributed by atoms with Crippen LogP contribution in [0.4, 0.5) is 0 Å². The maximum Gasteiger partial charge on any atom is 0.312 e. The maximum atomic E-state index is 12.0. The third-order valence-corrected chi connectivity index (χ3v) is 4.58. The first kappa shape index (κ1) is 15.5. The van der Waals surface area contributed by atoms with Gasteiger partial charge in [0, 0.05) is 11.5 Å². The molecule has 0 fully saturated rings. The minimum absolute atomic E-state index is 0.172. The number of nitrogens with zero attached hydrogens (tertiary/aromatic N) is 2. The monoisotopic (exact) mass is 355 g/mol. The first-order chi connectivity index (χ1) is 12.1. The quantitative estimate of drug-likeness (QED) is 0.567. The molecule has 126 valence electrons. The van der Waals surface area contributed by atoms with E-state index in [9.17, 15) is 9.59 Å². The summed E-state index contributed by atoms with van der Waals surface area (Å²) >= 11 is 1.13. The van der Waals surface area contributed by atoms with E-state index in [4.69, 9.17) is 15.2 Å². The maximum absolute atomic E-state index is 12.0. The van der Waals surface area contributed by atoms with Gasteiger partial charge in [0.15, 0.2) is 6.61 Å². The van der Waals surface area contributed by atoms with Crippen molar-refractivity contribution in [1.29, 1.82) is 0 Å². The van der Waals surface area contributed by atoms with Gasteiger partial charge < -0.3 is 15.2 Å². The van der Waals surface area contributed by atoms with Crippen molar-refractivity contribution in [2.75, 3.05) is 6.61 Å². The van der Waals surface area contributed by atoms with E-state index in [-0.39, 0.29) is 24.9 Å². The first-order valence-corrected chi connectivity index (χ1v) is 8.32. The smallest absolute Gasteiger partial charge is 0.312 e. The Kier molecular flexibility index (Phi) is 3.81. The molecule has 2 N–H and O–H groups in total. The van der Waals surface area contributed by atoms with E-state index in [0.717, 1.165) is 33.9 Å². The molecule has 1 aliphatic rings. The van der Waals surface area contributed by atoms with Crippen LogP contribution >= 0.6 is 11.7 Å². The van der Waals surface area contributed by atoms with Crippen LogP contribution in [0.3, 0.4) is 0 Å². The zero-order valence-corrected chi connectivity index (χ0v) is 13.8. The molecule has 1 atom stereocenters. The number of benzene rings is 2. The molecule has 7 nitrogen and oxygen atoms in total. The minimum Gasteiger partial charge on any atom is -0.484 e. The van der Waals surface area contributed by atoms with Crippen LogP contribution < -0.4 is 15.2 Å². The lowest BCUT2D eigenvalue weighted by Crippen LogP contribution is -2.21.